The molecule has 0 aliphatic carbocycles. The van der Waals surface area contributed by atoms with Gasteiger partial charge in [0, 0.05) is 12.2 Å². The lowest BCUT2D eigenvalue weighted by Crippen LogP contribution is -2.60. The van der Waals surface area contributed by atoms with Gasteiger partial charge in [-0.2, -0.15) is 0 Å². The Morgan fingerprint density at radius 3 is 2.55 bits per heavy atom. The van der Waals surface area contributed by atoms with E-state index in [9.17, 15) is 19.5 Å². The summed E-state index contributed by atoms with van der Waals surface area (Å²) in [6.45, 7) is 13.1. The van der Waals surface area contributed by atoms with Crippen LogP contribution in [0.25, 0.3) is 10.8 Å². The smallest absolute Gasteiger partial charge is 0.313 e. The number of esters is 1. The van der Waals surface area contributed by atoms with Gasteiger partial charge in [0.05, 0.1) is 24.2 Å². The highest BCUT2D eigenvalue weighted by atomic mass is 16.6. The molecule has 5 rings (SSSR count). The van der Waals surface area contributed by atoms with E-state index >= 15 is 0 Å². The molecule has 2 unspecified atom stereocenters. The summed E-state index contributed by atoms with van der Waals surface area (Å²) in [4.78, 5) is 45.5. The van der Waals surface area contributed by atoms with Crippen molar-refractivity contribution in [3.63, 3.8) is 0 Å². The summed E-state index contributed by atoms with van der Waals surface area (Å²) in [5.41, 5.74) is -1.50. The number of anilines is 1. The van der Waals surface area contributed by atoms with Gasteiger partial charge in [-0.25, -0.2) is 0 Å². The maximum Gasteiger partial charge on any atom is 0.313 e. The molecule has 2 amide bonds. The molecule has 2 bridgehead atoms. The molecular weight excluding hydrogens is 508 g/mol. The number of carbonyl (C=O) groups is 3. The van der Waals surface area contributed by atoms with Crippen LogP contribution < -0.4 is 4.90 Å². The molecule has 212 valence electrons. The van der Waals surface area contributed by atoms with Crippen LogP contribution in [0.4, 0.5) is 5.69 Å². The number of benzene rings is 2. The third-order valence-corrected chi connectivity index (χ3v) is 8.98. The number of amides is 2. The van der Waals surface area contributed by atoms with Crippen LogP contribution in [0.1, 0.15) is 33.6 Å². The predicted molar refractivity (Wildman–Crippen MR) is 152 cm³/mol. The summed E-state index contributed by atoms with van der Waals surface area (Å²) >= 11 is 0. The SMILES string of the molecule is C=CCOC(=O)[C@@H]1[C@H]2C(=O)N([C@@H](CO)C(C)C)C(C(=O)N(CC=C)c3ccc4ccccc4c3)C23CC[C@@]1(C)O3. The van der Waals surface area contributed by atoms with Gasteiger partial charge >= 0.3 is 5.97 Å². The zero-order valence-corrected chi connectivity index (χ0v) is 23.4. The molecule has 8 nitrogen and oxygen atoms in total. The fourth-order valence-electron chi connectivity index (χ4n) is 7.15. The largest absolute Gasteiger partial charge is 0.461 e. The second-order valence-corrected chi connectivity index (χ2v) is 11.7. The van der Waals surface area contributed by atoms with E-state index in [-0.39, 0.29) is 37.5 Å². The lowest BCUT2D eigenvalue weighted by atomic mass is 9.66. The minimum atomic E-state index is -1.22. The zero-order valence-electron chi connectivity index (χ0n) is 23.4. The van der Waals surface area contributed by atoms with Crippen molar-refractivity contribution in [2.45, 2.75) is 56.9 Å². The molecule has 2 aromatic rings. The Balaban J connectivity index is 1.63. The summed E-state index contributed by atoms with van der Waals surface area (Å²) in [5.74, 6) is -3.12. The van der Waals surface area contributed by atoms with E-state index in [0.29, 0.717) is 18.5 Å². The van der Waals surface area contributed by atoms with E-state index in [0.717, 1.165) is 10.8 Å². The number of rotatable bonds is 10. The molecule has 0 saturated carbocycles. The van der Waals surface area contributed by atoms with Crippen LogP contribution in [0.3, 0.4) is 0 Å². The van der Waals surface area contributed by atoms with Crippen LogP contribution in [0.15, 0.2) is 67.8 Å². The van der Waals surface area contributed by atoms with Gasteiger partial charge in [-0.15, -0.1) is 6.58 Å². The Labute approximate surface area is 235 Å². The molecule has 0 aromatic heterocycles. The molecule has 3 aliphatic heterocycles. The highest BCUT2D eigenvalue weighted by Crippen LogP contribution is 2.64. The lowest BCUT2D eigenvalue weighted by molar-refractivity contribution is -0.160. The Kier molecular flexibility index (Phi) is 7.35. The van der Waals surface area contributed by atoms with Crippen LogP contribution in [0.2, 0.25) is 0 Å². The number of aliphatic hydroxyl groups is 1. The maximum atomic E-state index is 14.7. The average molecular weight is 547 g/mol. The summed E-state index contributed by atoms with van der Waals surface area (Å²) in [6, 6.07) is 12.0. The minimum Gasteiger partial charge on any atom is -0.461 e. The first-order valence-electron chi connectivity index (χ1n) is 14.0. The Morgan fingerprint density at radius 2 is 1.90 bits per heavy atom. The van der Waals surface area contributed by atoms with Crippen molar-refractivity contribution in [3.8, 4) is 0 Å². The number of hydrogen-bond acceptors (Lipinski definition) is 6. The van der Waals surface area contributed by atoms with Crippen LogP contribution in [0.5, 0.6) is 0 Å². The van der Waals surface area contributed by atoms with Crippen molar-refractivity contribution in [2.75, 3.05) is 24.7 Å². The Hall–Kier alpha value is -3.49. The summed E-state index contributed by atoms with van der Waals surface area (Å²) < 4.78 is 12.1. The molecule has 40 heavy (non-hydrogen) atoms. The summed E-state index contributed by atoms with van der Waals surface area (Å²) in [6.07, 6.45) is 4.08. The van der Waals surface area contributed by atoms with E-state index in [4.69, 9.17) is 9.47 Å². The second-order valence-electron chi connectivity index (χ2n) is 11.7. The summed E-state index contributed by atoms with van der Waals surface area (Å²) in [7, 11) is 0. The van der Waals surface area contributed by atoms with Crippen molar-refractivity contribution in [3.05, 3.63) is 67.8 Å². The molecule has 1 N–H and O–H groups in total. The molecule has 3 fully saturated rings. The van der Waals surface area contributed by atoms with Crippen molar-refractivity contribution >= 4 is 34.2 Å². The Bertz CT molecular complexity index is 1360. The van der Waals surface area contributed by atoms with Gasteiger partial charge in [-0.3, -0.25) is 14.4 Å². The Morgan fingerprint density at radius 1 is 1.18 bits per heavy atom. The van der Waals surface area contributed by atoms with Gasteiger partial charge in [0.1, 0.15) is 24.2 Å². The van der Waals surface area contributed by atoms with Crippen LogP contribution in [-0.2, 0) is 23.9 Å². The molecule has 0 radical (unpaired) electrons. The molecule has 2 aromatic carbocycles. The van der Waals surface area contributed by atoms with Crippen molar-refractivity contribution < 1.29 is 29.0 Å². The van der Waals surface area contributed by atoms with E-state index in [2.05, 4.69) is 13.2 Å². The van der Waals surface area contributed by atoms with Crippen LogP contribution >= 0.6 is 0 Å². The number of carbonyl (C=O) groups excluding carboxylic acids is 3. The van der Waals surface area contributed by atoms with Crippen molar-refractivity contribution in [1.82, 2.24) is 4.90 Å². The lowest BCUT2D eigenvalue weighted by Gasteiger charge is -2.40. The van der Waals surface area contributed by atoms with Crippen LogP contribution in [-0.4, -0.2) is 70.8 Å². The molecule has 6 atom stereocenters. The number of fused-ring (bicyclic) bond motifs is 2. The van der Waals surface area contributed by atoms with Gasteiger partial charge in [0.2, 0.25) is 5.91 Å². The third-order valence-electron chi connectivity index (χ3n) is 8.98. The van der Waals surface area contributed by atoms with E-state index in [1.807, 2.05) is 63.2 Å². The normalized spacial score (nSPS) is 29.5. The average Bonchev–Trinajstić information content (AvgIpc) is 3.51. The fraction of sp³-hybridized carbons (Fsp3) is 0.469. The van der Waals surface area contributed by atoms with Gasteiger partial charge in [0.15, 0.2) is 0 Å². The number of hydrogen-bond donors (Lipinski definition) is 1. The first-order chi connectivity index (χ1) is 19.1. The van der Waals surface area contributed by atoms with Gasteiger partial charge in [-0.1, -0.05) is 62.9 Å². The first-order valence-corrected chi connectivity index (χ1v) is 14.0. The second kappa shape index (κ2) is 10.5. The highest BCUT2D eigenvalue weighted by Gasteiger charge is 2.79. The van der Waals surface area contributed by atoms with Gasteiger partial charge in [-0.05, 0) is 48.6 Å². The predicted octanol–water partition coefficient (Wildman–Crippen LogP) is 3.87. The van der Waals surface area contributed by atoms with Gasteiger partial charge < -0.3 is 24.4 Å². The minimum absolute atomic E-state index is 0.0196. The highest BCUT2D eigenvalue weighted by molar-refractivity contribution is 6.05. The molecule has 3 heterocycles. The van der Waals surface area contributed by atoms with Crippen molar-refractivity contribution in [1.29, 1.82) is 0 Å². The standard InChI is InChI=1S/C32H38N2O6/c1-6-16-33(23-13-12-21-10-8-9-11-22(21)18-23)29(37)27-32-15-14-31(5,40-32)26(30(38)39-17-7-2)25(32)28(36)34(27)24(19-35)20(3)4/h6-13,18,20,24-27,35H,1-2,14-17,19H2,3-5H3/t24-,25-,26-,27?,31+,32?/m0/s1. The number of aliphatic hydroxyl groups excluding tert-OH is 1. The quantitative estimate of drug-likeness (QED) is 0.359. The number of likely N-dealkylation sites (tertiary alicyclic amines) is 1. The molecule has 8 heteroatoms. The molecule has 3 aliphatic rings. The molecule has 1 spiro atoms. The fourth-order valence-corrected chi connectivity index (χ4v) is 7.15. The maximum absolute atomic E-state index is 14.7. The number of ether oxygens (including phenoxy) is 2. The monoisotopic (exact) mass is 546 g/mol. The van der Waals surface area contributed by atoms with E-state index in [1.54, 1.807) is 11.0 Å². The van der Waals surface area contributed by atoms with E-state index in [1.165, 1.54) is 11.0 Å². The number of nitrogens with zero attached hydrogens (tertiary/aromatic N) is 2. The third kappa shape index (κ3) is 4.16. The van der Waals surface area contributed by atoms with Crippen LogP contribution in [0, 0.1) is 17.8 Å². The molecule has 3 saturated heterocycles. The van der Waals surface area contributed by atoms with Gasteiger partial charge in [0.25, 0.3) is 5.91 Å². The van der Waals surface area contributed by atoms with E-state index < -0.39 is 41.1 Å². The topological polar surface area (TPSA) is 96.4 Å². The first kappa shape index (κ1) is 28.1. The summed E-state index contributed by atoms with van der Waals surface area (Å²) in [5, 5.41) is 12.5. The van der Waals surface area contributed by atoms with Crippen molar-refractivity contribution in [2.24, 2.45) is 17.8 Å². The molecular formula is C32H38N2O6. The zero-order chi connectivity index (χ0) is 28.8.